The fourth-order valence-corrected chi connectivity index (χ4v) is 3.82. The number of rotatable bonds is 7. The SMILES string of the molecule is Cc1ccc(S(=O)(=O)N(CCN(C)C)c2ccccc2)cc1[N+](=O)[O-]. The van der Waals surface area contributed by atoms with Crippen molar-refractivity contribution in [1.29, 1.82) is 0 Å². The number of nitrogens with zero attached hydrogens (tertiary/aromatic N) is 3. The summed E-state index contributed by atoms with van der Waals surface area (Å²) in [5.41, 5.74) is 0.734. The minimum atomic E-state index is -3.92. The monoisotopic (exact) mass is 363 g/mol. The normalized spacial score (nSPS) is 11.5. The summed E-state index contributed by atoms with van der Waals surface area (Å²) in [4.78, 5) is 12.4. The van der Waals surface area contributed by atoms with E-state index in [0.717, 1.165) is 6.07 Å². The van der Waals surface area contributed by atoms with Gasteiger partial charge in [0.25, 0.3) is 15.7 Å². The molecule has 7 nitrogen and oxygen atoms in total. The Morgan fingerprint density at radius 3 is 2.24 bits per heavy atom. The lowest BCUT2D eigenvalue weighted by Crippen LogP contribution is -2.36. The van der Waals surface area contributed by atoms with Gasteiger partial charge < -0.3 is 4.90 Å². The second-order valence-electron chi connectivity index (χ2n) is 5.92. The summed E-state index contributed by atoms with van der Waals surface area (Å²) in [5.74, 6) is 0. The number of nitro groups is 1. The van der Waals surface area contributed by atoms with Crippen LogP contribution in [0.5, 0.6) is 0 Å². The van der Waals surface area contributed by atoms with E-state index in [2.05, 4.69) is 0 Å². The predicted octanol–water partition coefficient (Wildman–Crippen LogP) is 2.66. The van der Waals surface area contributed by atoms with Crippen molar-refractivity contribution in [2.45, 2.75) is 11.8 Å². The molecule has 0 atom stereocenters. The Kier molecular flexibility index (Phi) is 5.76. The Hall–Kier alpha value is -2.45. The number of nitro benzene ring substituents is 1. The number of anilines is 1. The minimum Gasteiger partial charge on any atom is -0.308 e. The second kappa shape index (κ2) is 7.62. The average Bonchev–Trinajstić information content (AvgIpc) is 2.55. The van der Waals surface area contributed by atoms with E-state index in [1.165, 1.54) is 16.4 Å². The van der Waals surface area contributed by atoms with Crippen molar-refractivity contribution < 1.29 is 13.3 Å². The van der Waals surface area contributed by atoms with E-state index in [4.69, 9.17) is 0 Å². The first kappa shape index (κ1) is 18.9. The van der Waals surface area contributed by atoms with Crippen molar-refractivity contribution in [2.24, 2.45) is 0 Å². The average molecular weight is 363 g/mol. The van der Waals surface area contributed by atoms with Gasteiger partial charge in [-0.2, -0.15) is 0 Å². The van der Waals surface area contributed by atoms with Crippen LogP contribution in [0.3, 0.4) is 0 Å². The first-order valence-electron chi connectivity index (χ1n) is 7.71. The molecular weight excluding hydrogens is 342 g/mol. The maximum absolute atomic E-state index is 13.1. The van der Waals surface area contributed by atoms with Crippen molar-refractivity contribution in [2.75, 3.05) is 31.5 Å². The number of hydrogen-bond donors (Lipinski definition) is 0. The van der Waals surface area contributed by atoms with Gasteiger partial charge in [0, 0.05) is 24.7 Å². The molecule has 0 bridgehead atoms. The van der Waals surface area contributed by atoms with Crippen LogP contribution in [-0.4, -0.2) is 45.4 Å². The summed E-state index contributed by atoms with van der Waals surface area (Å²) < 4.78 is 27.5. The van der Waals surface area contributed by atoms with Gasteiger partial charge in [-0.25, -0.2) is 8.42 Å². The van der Waals surface area contributed by atoms with Crippen LogP contribution < -0.4 is 4.31 Å². The summed E-state index contributed by atoms with van der Waals surface area (Å²) in [6.45, 7) is 2.33. The Morgan fingerprint density at radius 2 is 1.68 bits per heavy atom. The van der Waals surface area contributed by atoms with Crippen LogP contribution in [0.1, 0.15) is 5.56 Å². The van der Waals surface area contributed by atoms with Gasteiger partial charge in [-0.15, -0.1) is 0 Å². The van der Waals surface area contributed by atoms with Crippen molar-refractivity contribution in [1.82, 2.24) is 4.90 Å². The zero-order valence-electron chi connectivity index (χ0n) is 14.4. The molecule has 0 spiro atoms. The highest BCUT2D eigenvalue weighted by molar-refractivity contribution is 7.92. The van der Waals surface area contributed by atoms with Crippen LogP contribution in [0.25, 0.3) is 0 Å². The highest BCUT2D eigenvalue weighted by Gasteiger charge is 2.27. The lowest BCUT2D eigenvalue weighted by molar-refractivity contribution is -0.385. The Bertz CT molecular complexity index is 851. The van der Waals surface area contributed by atoms with Crippen LogP contribution >= 0.6 is 0 Å². The summed E-state index contributed by atoms with van der Waals surface area (Å²) in [5, 5.41) is 11.1. The Balaban J connectivity index is 2.51. The standard InChI is InChI=1S/C17H21N3O4S/c1-14-9-10-16(13-17(14)20(21)22)25(23,24)19(12-11-18(2)3)15-7-5-4-6-8-15/h4-10,13H,11-12H2,1-3H3. The first-order valence-corrected chi connectivity index (χ1v) is 9.15. The summed E-state index contributed by atoms with van der Waals surface area (Å²) in [6, 6.07) is 12.7. The molecule has 0 radical (unpaired) electrons. The van der Waals surface area contributed by atoms with E-state index < -0.39 is 14.9 Å². The molecule has 2 aromatic carbocycles. The van der Waals surface area contributed by atoms with Gasteiger partial charge in [0.05, 0.1) is 15.5 Å². The molecule has 0 aliphatic heterocycles. The van der Waals surface area contributed by atoms with E-state index in [1.54, 1.807) is 37.3 Å². The molecule has 134 valence electrons. The molecule has 0 heterocycles. The van der Waals surface area contributed by atoms with Gasteiger partial charge >= 0.3 is 0 Å². The quantitative estimate of drug-likeness (QED) is 0.558. The Morgan fingerprint density at radius 1 is 1.04 bits per heavy atom. The van der Waals surface area contributed by atoms with Crippen LogP contribution in [0.15, 0.2) is 53.4 Å². The van der Waals surface area contributed by atoms with E-state index in [1.807, 2.05) is 19.0 Å². The molecule has 25 heavy (non-hydrogen) atoms. The number of sulfonamides is 1. The lowest BCUT2D eigenvalue weighted by atomic mass is 10.2. The highest BCUT2D eigenvalue weighted by atomic mass is 32.2. The molecule has 0 saturated heterocycles. The molecule has 0 unspecified atom stereocenters. The molecule has 0 aromatic heterocycles. The Labute approximate surface area is 147 Å². The molecule has 0 aliphatic carbocycles. The number of para-hydroxylation sites is 1. The molecule has 0 N–H and O–H groups in total. The van der Waals surface area contributed by atoms with Crippen LogP contribution in [-0.2, 0) is 10.0 Å². The molecule has 2 aromatic rings. The number of hydrogen-bond acceptors (Lipinski definition) is 5. The highest BCUT2D eigenvalue weighted by Crippen LogP contribution is 2.27. The number of aryl methyl sites for hydroxylation is 1. The lowest BCUT2D eigenvalue weighted by Gasteiger charge is -2.26. The summed E-state index contributed by atoms with van der Waals surface area (Å²) in [7, 11) is -0.213. The zero-order chi connectivity index (χ0) is 18.6. The summed E-state index contributed by atoms with van der Waals surface area (Å²) in [6.07, 6.45) is 0. The first-order chi connectivity index (χ1) is 11.7. The van der Waals surface area contributed by atoms with E-state index in [-0.39, 0.29) is 17.1 Å². The van der Waals surface area contributed by atoms with Gasteiger partial charge in [0.2, 0.25) is 0 Å². The van der Waals surface area contributed by atoms with Gasteiger partial charge in [-0.1, -0.05) is 24.3 Å². The molecule has 0 saturated carbocycles. The van der Waals surface area contributed by atoms with E-state index in [9.17, 15) is 18.5 Å². The van der Waals surface area contributed by atoms with Crippen LogP contribution in [0, 0.1) is 17.0 Å². The molecular formula is C17H21N3O4S. The molecule has 2 rings (SSSR count). The van der Waals surface area contributed by atoms with E-state index in [0.29, 0.717) is 17.8 Å². The molecule has 0 aliphatic rings. The van der Waals surface area contributed by atoms with Gasteiger partial charge in [-0.3, -0.25) is 14.4 Å². The van der Waals surface area contributed by atoms with Gasteiger partial charge in [0.15, 0.2) is 0 Å². The number of likely N-dealkylation sites (N-methyl/N-ethyl adjacent to an activating group) is 1. The third-order valence-electron chi connectivity index (χ3n) is 3.76. The van der Waals surface area contributed by atoms with E-state index >= 15 is 0 Å². The van der Waals surface area contributed by atoms with Gasteiger partial charge in [-0.05, 0) is 39.2 Å². The smallest absolute Gasteiger partial charge is 0.273 e. The fraction of sp³-hybridized carbons (Fsp3) is 0.294. The third-order valence-corrected chi connectivity index (χ3v) is 5.58. The molecule has 8 heteroatoms. The zero-order valence-corrected chi connectivity index (χ0v) is 15.2. The largest absolute Gasteiger partial charge is 0.308 e. The van der Waals surface area contributed by atoms with Crippen molar-refractivity contribution in [3.63, 3.8) is 0 Å². The predicted molar refractivity (Wildman–Crippen MR) is 97.4 cm³/mol. The topological polar surface area (TPSA) is 83.8 Å². The second-order valence-corrected chi connectivity index (χ2v) is 7.78. The fourth-order valence-electron chi connectivity index (χ4n) is 2.35. The maximum atomic E-state index is 13.1. The minimum absolute atomic E-state index is 0.0904. The van der Waals surface area contributed by atoms with Crippen molar-refractivity contribution in [3.8, 4) is 0 Å². The third kappa shape index (κ3) is 4.34. The number of benzene rings is 2. The molecule has 0 amide bonds. The maximum Gasteiger partial charge on any atom is 0.273 e. The van der Waals surface area contributed by atoms with Crippen molar-refractivity contribution in [3.05, 3.63) is 64.2 Å². The van der Waals surface area contributed by atoms with Gasteiger partial charge in [0.1, 0.15) is 0 Å². The molecule has 0 fully saturated rings. The van der Waals surface area contributed by atoms with Crippen LogP contribution in [0.2, 0.25) is 0 Å². The summed E-state index contributed by atoms with van der Waals surface area (Å²) >= 11 is 0. The van der Waals surface area contributed by atoms with Crippen LogP contribution in [0.4, 0.5) is 11.4 Å². The van der Waals surface area contributed by atoms with Crippen molar-refractivity contribution >= 4 is 21.4 Å².